The van der Waals surface area contributed by atoms with Gasteiger partial charge in [-0.05, 0) is 44.8 Å². The molecule has 5 nitrogen and oxygen atoms in total. The lowest BCUT2D eigenvalue weighted by Crippen LogP contribution is -2.42. The Labute approximate surface area is 116 Å². The van der Waals surface area contributed by atoms with Gasteiger partial charge in [-0.1, -0.05) is 13.8 Å². The number of hydrogen-bond acceptors (Lipinski definition) is 4. The molecule has 5 heteroatoms. The van der Waals surface area contributed by atoms with Crippen LogP contribution in [0.15, 0.2) is 6.33 Å². The molecule has 2 heterocycles. The van der Waals surface area contributed by atoms with Crippen molar-refractivity contribution < 1.29 is 0 Å². The van der Waals surface area contributed by atoms with E-state index in [9.17, 15) is 0 Å². The molecule has 0 saturated carbocycles. The van der Waals surface area contributed by atoms with Crippen molar-refractivity contribution in [3.63, 3.8) is 0 Å². The highest BCUT2D eigenvalue weighted by atomic mass is 15.3. The van der Waals surface area contributed by atoms with Crippen molar-refractivity contribution in [2.24, 2.45) is 5.41 Å². The van der Waals surface area contributed by atoms with Gasteiger partial charge in [0.05, 0.1) is 6.54 Å². The van der Waals surface area contributed by atoms with Gasteiger partial charge in [-0.3, -0.25) is 0 Å². The number of rotatable bonds is 6. The van der Waals surface area contributed by atoms with E-state index in [1.54, 1.807) is 6.33 Å². The Hall–Kier alpha value is -0.940. The third-order valence-electron chi connectivity index (χ3n) is 4.16. The van der Waals surface area contributed by atoms with Gasteiger partial charge in [-0.25, -0.2) is 9.67 Å². The highest BCUT2D eigenvalue weighted by molar-refractivity contribution is 4.87. The number of piperidine rings is 1. The summed E-state index contributed by atoms with van der Waals surface area (Å²) in [5.41, 5.74) is 0.433. The van der Waals surface area contributed by atoms with Gasteiger partial charge in [0.25, 0.3) is 0 Å². The van der Waals surface area contributed by atoms with E-state index in [0.29, 0.717) is 5.41 Å². The minimum Gasteiger partial charge on any atom is -0.309 e. The van der Waals surface area contributed by atoms with Crippen LogP contribution < -0.4 is 5.32 Å². The fourth-order valence-electron chi connectivity index (χ4n) is 2.63. The molecule has 0 radical (unpaired) electrons. The smallest absolute Gasteiger partial charge is 0.140 e. The molecule has 1 saturated heterocycles. The van der Waals surface area contributed by atoms with Crippen molar-refractivity contribution in [2.75, 3.05) is 26.7 Å². The topological polar surface area (TPSA) is 46.0 Å². The summed E-state index contributed by atoms with van der Waals surface area (Å²) in [7, 11) is 2.21. The maximum atomic E-state index is 4.33. The van der Waals surface area contributed by atoms with E-state index in [0.717, 1.165) is 31.9 Å². The summed E-state index contributed by atoms with van der Waals surface area (Å²) in [5.74, 6) is 1.05. The number of hydrogen-bond donors (Lipinski definition) is 1. The van der Waals surface area contributed by atoms with Crippen LogP contribution in [-0.4, -0.2) is 46.3 Å². The molecule has 1 fully saturated rings. The Balaban J connectivity index is 1.78. The third kappa shape index (κ3) is 4.01. The maximum absolute atomic E-state index is 4.33. The first-order chi connectivity index (χ1) is 9.13. The minimum atomic E-state index is 0.433. The highest BCUT2D eigenvalue weighted by Crippen LogP contribution is 2.29. The molecular formula is C14H27N5. The molecule has 0 bridgehead atoms. The standard InChI is InChI=1S/C14H27N5/c1-4-7-19-13(16-12-17-19)10-15-11-14(2)5-8-18(3)9-6-14/h12,15H,4-11H2,1-3H3. The van der Waals surface area contributed by atoms with Gasteiger partial charge in [0.1, 0.15) is 12.2 Å². The number of nitrogens with one attached hydrogen (secondary N) is 1. The lowest BCUT2D eigenvalue weighted by Gasteiger charge is -2.38. The van der Waals surface area contributed by atoms with Crippen LogP contribution in [0.3, 0.4) is 0 Å². The first-order valence-electron chi connectivity index (χ1n) is 7.39. The molecular weight excluding hydrogens is 238 g/mol. The Morgan fingerprint density at radius 3 is 2.79 bits per heavy atom. The zero-order valence-electron chi connectivity index (χ0n) is 12.5. The highest BCUT2D eigenvalue weighted by Gasteiger charge is 2.28. The minimum absolute atomic E-state index is 0.433. The fraction of sp³-hybridized carbons (Fsp3) is 0.857. The largest absolute Gasteiger partial charge is 0.309 e. The van der Waals surface area contributed by atoms with Crippen LogP contribution in [0.5, 0.6) is 0 Å². The molecule has 0 aromatic carbocycles. The maximum Gasteiger partial charge on any atom is 0.140 e. The van der Waals surface area contributed by atoms with Gasteiger partial charge >= 0.3 is 0 Å². The van der Waals surface area contributed by atoms with Gasteiger partial charge in [0.15, 0.2) is 0 Å². The number of aryl methyl sites for hydroxylation is 1. The predicted octanol–water partition coefficient (Wildman–Crippen LogP) is 1.51. The van der Waals surface area contributed by atoms with E-state index in [2.05, 4.69) is 41.2 Å². The molecule has 1 aliphatic heterocycles. The zero-order chi connectivity index (χ0) is 13.7. The Morgan fingerprint density at radius 2 is 2.11 bits per heavy atom. The van der Waals surface area contributed by atoms with Crippen molar-refractivity contribution in [3.8, 4) is 0 Å². The van der Waals surface area contributed by atoms with E-state index < -0.39 is 0 Å². The SMILES string of the molecule is CCCn1ncnc1CNCC1(C)CCN(C)CC1. The zero-order valence-corrected chi connectivity index (χ0v) is 12.5. The monoisotopic (exact) mass is 265 g/mol. The van der Waals surface area contributed by atoms with Gasteiger partial charge < -0.3 is 10.2 Å². The molecule has 0 spiro atoms. The molecule has 1 aromatic heterocycles. The van der Waals surface area contributed by atoms with Crippen LogP contribution in [0.1, 0.15) is 38.9 Å². The molecule has 108 valence electrons. The van der Waals surface area contributed by atoms with Crippen molar-refractivity contribution in [3.05, 3.63) is 12.2 Å². The van der Waals surface area contributed by atoms with Gasteiger partial charge in [0, 0.05) is 13.1 Å². The molecule has 19 heavy (non-hydrogen) atoms. The normalized spacial score (nSPS) is 19.7. The number of likely N-dealkylation sites (tertiary alicyclic amines) is 1. The summed E-state index contributed by atoms with van der Waals surface area (Å²) in [4.78, 5) is 6.75. The van der Waals surface area contributed by atoms with E-state index in [-0.39, 0.29) is 0 Å². The van der Waals surface area contributed by atoms with Crippen LogP contribution in [0.2, 0.25) is 0 Å². The molecule has 2 rings (SSSR count). The molecule has 1 aromatic rings. The van der Waals surface area contributed by atoms with Gasteiger partial charge in [0.2, 0.25) is 0 Å². The average Bonchev–Trinajstić information content (AvgIpc) is 2.82. The summed E-state index contributed by atoms with van der Waals surface area (Å²) in [6, 6.07) is 0. The van der Waals surface area contributed by atoms with Gasteiger partial charge in [-0.15, -0.1) is 0 Å². The molecule has 0 amide bonds. The third-order valence-corrected chi connectivity index (χ3v) is 4.16. The summed E-state index contributed by atoms with van der Waals surface area (Å²) < 4.78 is 2.00. The summed E-state index contributed by atoms with van der Waals surface area (Å²) in [6.45, 7) is 9.83. The molecule has 1 N–H and O–H groups in total. The Kier molecular flexibility index (Phi) is 4.93. The van der Waals surface area contributed by atoms with Crippen LogP contribution in [0.25, 0.3) is 0 Å². The van der Waals surface area contributed by atoms with Crippen LogP contribution >= 0.6 is 0 Å². The summed E-state index contributed by atoms with van der Waals surface area (Å²) in [6.07, 6.45) is 5.31. The summed E-state index contributed by atoms with van der Waals surface area (Å²) >= 11 is 0. The lowest BCUT2D eigenvalue weighted by molar-refractivity contribution is 0.136. The molecule has 0 unspecified atom stereocenters. The number of nitrogens with zero attached hydrogens (tertiary/aromatic N) is 4. The first-order valence-corrected chi connectivity index (χ1v) is 7.39. The van der Waals surface area contributed by atoms with Crippen LogP contribution in [0, 0.1) is 5.41 Å². The van der Waals surface area contributed by atoms with Crippen molar-refractivity contribution in [1.29, 1.82) is 0 Å². The van der Waals surface area contributed by atoms with Gasteiger partial charge in [-0.2, -0.15) is 5.10 Å². The quantitative estimate of drug-likeness (QED) is 0.847. The van der Waals surface area contributed by atoms with Crippen molar-refractivity contribution >= 4 is 0 Å². The van der Waals surface area contributed by atoms with E-state index >= 15 is 0 Å². The number of aromatic nitrogens is 3. The second-order valence-electron chi connectivity index (χ2n) is 6.12. The molecule has 0 atom stereocenters. The first kappa shape index (κ1) is 14.5. The fourth-order valence-corrected chi connectivity index (χ4v) is 2.63. The second-order valence-corrected chi connectivity index (χ2v) is 6.12. The van der Waals surface area contributed by atoms with Crippen molar-refractivity contribution in [1.82, 2.24) is 25.0 Å². The average molecular weight is 265 g/mol. The lowest BCUT2D eigenvalue weighted by atomic mass is 9.80. The van der Waals surface area contributed by atoms with E-state index in [1.807, 2.05) is 4.68 Å². The predicted molar refractivity (Wildman–Crippen MR) is 76.9 cm³/mol. The summed E-state index contributed by atoms with van der Waals surface area (Å²) in [5, 5.41) is 7.83. The second kappa shape index (κ2) is 6.48. The van der Waals surface area contributed by atoms with Crippen LogP contribution in [0.4, 0.5) is 0 Å². The van der Waals surface area contributed by atoms with E-state index in [4.69, 9.17) is 0 Å². The Bertz CT molecular complexity index is 379. The molecule has 1 aliphatic rings. The van der Waals surface area contributed by atoms with Crippen LogP contribution in [-0.2, 0) is 13.1 Å². The Morgan fingerprint density at radius 1 is 1.37 bits per heavy atom. The van der Waals surface area contributed by atoms with Crippen molar-refractivity contribution in [2.45, 2.75) is 46.2 Å². The van der Waals surface area contributed by atoms with E-state index in [1.165, 1.54) is 25.9 Å². The molecule has 0 aliphatic carbocycles.